The summed E-state index contributed by atoms with van der Waals surface area (Å²) in [5.41, 5.74) is 2.38. The van der Waals surface area contributed by atoms with Crippen molar-refractivity contribution in [3.63, 3.8) is 0 Å². The van der Waals surface area contributed by atoms with Gasteiger partial charge in [0.15, 0.2) is 0 Å². The predicted molar refractivity (Wildman–Crippen MR) is 55.0 cm³/mol. The van der Waals surface area contributed by atoms with Crippen molar-refractivity contribution < 1.29 is 0 Å². The van der Waals surface area contributed by atoms with E-state index >= 15 is 0 Å². The monoisotopic (exact) mass is 197 g/mol. The van der Waals surface area contributed by atoms with Gasteiger partial charge in [-0.25, -0.2) is 0 Å². The summed E-state index contributed by atoms with van der Waals surface area (Å²) in [7, 11) is 0. The molecule has 0 radical (unpaired) electrons. The molecule has 1 aromatic heterocycles. The van der Waals surface area contributed by atoms with Crippen LogP contribution in [0.25, 0.3) is 0 Å². The summed E-state index contributed by atoms with van der Waals surface area (Å²) in [5, 5.41) is 8.14. The molecule has 0 N–H and O–H groups in total. The quantitative estimate of drug-likeness (QED) is 0.646. The highest BCUT2D eigenvalue weighted by molar-refractivity contribution is 7.78. The van der Waals surface area contributed by atoms with Gasteiger partial charge in [0, 0.05) is 5.92 Å². The largest absolute Gasteiger partial charge is 0.193 e. The number of hydrogen-bond acceptors (Lipinski definition) is 3. The second-order valence-electron chi connectivity index (χ2n) is 3.81. The van der Waals surface area contributed by atoms with Crippen LogP contribution in [0, 0.1) is 0 Å². The van der Waals surface area contributed by atoms with Crippen LogP contribution in [0.5, 0.6) is 0 Å². The molecule has 0 saturated heterocycles. The van der Waals surface area contributed by atoms with Crippen LogP contribution in [0.3, 0.4) is 0 Å². The molecular formula is C9H15N3S. The zero-order valence-corrected chi connectivity index (χ0v) is 8.80. The third kappa shape index (κ3) is 1.73. The molecular weight excluding hydrogens is 182 g/mol. The van der Waals surface area contributed by atoms with Crippen molar-refractivity contribution in [2.45, 2.75) is 44.9 Å². The minimum atomic E-state index is 0.552. The lowest BCUT2D eigenvalue weighted by molar-refractivity contribution is 0.548. The second-order valence-corrected chi connectivity index (χ2v) is 4.19. The summed E-state index contributed by atoms with van der Waals surface area (Å²) in [6.07, 6.45) is 6.20. The third-order valence-corrected chi connectivity index (χ3v) is 3.11. The average Bonchev–Trinajstić information content (AvgIpc) is 2.43. The lowest BCUT2D eigenvalue weighted by atomic mass is 9.93. The Morgan fingerprint density at radius 2 is 2.23 bits per heavy atom. The summed E-state index contributed by atoms with van der Waals surface area (Å²) >= 11 is 4.25. The third-order valence-electron chi connectivity index (χ3n) is 2.79. The van der Waals surface area contributed by atoms with E-state index in [9.17, 15) is 0 Å². The summed E-state index contributed by atoms with van der Waals surface area (Å²) in [6.45, 7) is 2.23. The number of rotatable bonds is 0. The zero-order chi connectivity index (χ0) is 9.26. The fraction of sp³-hybridized carbons (Fsp3) is 0.778. The molecule has 1 unspecified atom stereocenters. The van der Waals surface area contributed by atoms with Crippen LogP contribution in [-0.4, -0.2) is 14.4 Å². The maximum atomic E-state index is 4.25. The average molecular weight is 197 g/mol. The summed E-state index contributed by atoms with van der Waals surface area (Å²) < 4.78 is 1.64. The minimum Gasteiger partial charge on any atom is -0.193 e. The van der Waals surface area contributed by atoms with Gasteiger partial charge in [-0.1, -0.05) is 25.0 Å². The first-order valence-corrected chi connectivity index (χ1v) is 5.33. The lowest BCUT2D eigenvalue weighted by Crippen LogP contribution is -2.04. The van der Waals surface area contributed by atoms with Crippen molar-refractivity contribution in [1.82, 2.24) is 14.4 Å². The first-order chi connectivity index (χ1) is 6.29. The molecule has 1 aliphatic rings. The highest BCUT2D eigenvalue weighted by Gasteiger charge is 2.18. The Labute approximate surface area is 84.1 Å². The van der Waals surface area contributed by atoms with Crippen LogP contribution in [0.4, 0.5) is 0 Å². The molecule has 0 aliphatic heterocycles. The molecule has 4 heteroatoms. The molecule has 0 fully saturated rings. The highest BCUT2D eigenvalue weighted by Crippen LogP contribution is 2.27. The number of hydrogen-bond donors (Lipinski definition) is 1. The van der Waals surface area contributed by atoms with Gasteiger partial charge in [0.05, 0.1) is 11.4 Å². The number of fused-ring (bicyclic) bond motifs is 1. The van der Waals surface area contributed by atoms with Crippen LogP contribution in [0.15, 0.2) is 0 Å². The van der Waals surface area contributed by atoms with Crippen LogP contribution in [0.2, 0.25) is 0 Å². The van der Waals surface area contributed by atoms with E-state index < -0.39 is 0 Å². The Kier molecular flexibility index (Phi) is 2.58. The van der Waals surface area contributed by atoms with E-state index in [-0.39, 0.29) is 0 Å². The van der Waals surface area contributed by atoms with Gasteiger partial charge in [-0.2, -0.15) is 4.09 Å². The first kappa shape index (κ1) is 9.06. The molecule has 0 aromatic carbocycles. The summed E-state index contributed by atoms with van der Waals surface area (Å²) in [5.74, 6) is 0.552. The molecule has 0 saturated carbocycles. The van der Waals surface area contributed by atoms with E-state index in [1.165, 1.54) is 31.4 Å². The Hall–Kier alpha value is -0.510. The minimum absolute atomic E-state index is 0.552. The Morgan fingerprint density at radius 1 is 1.38 bits per heavy atom. The maximum absolute atomic E-state index is 4.25. The van der Waals surface area contributed by atoms with E-state index in [4.69, 9.17) is 0 Å². The molecule has 0 bridgehead atoms. The van der Waals surface area contributed by atoms with Gasteiger partial charge < -0.3 is 0 Å². The van der Waals surface area contributed by atoms with Gasteiger partial charge >= 0.3 is 0 Å². The van der Waals surface area contributed by atoms with Gasteiger partial charge in [0.2, 0.25) is 0 Å². The molecule has 1 heterocycles. The fourth-order valence-corrected chi connectivity index (χ4v) is 2.21. The second kappa shape index (κ2) is 3.70. The molecule has 72 valence electrons. The van der Waals surface area contributed by atoms with Crippen molar-refractivity contribution in [3.8, 4) is 0 Å². The van der Waals surface area contributed by atoms with E-state index in [2.05, 4.69) is 30.1 Å². The summed E-state index contributed by atoms with van der Waals surface area (Å²) in [4.78, 5) is 0. The summed E-state index contributed by atoms with van der Waals surface area (Å²) in [6, 6.07) is 0. The van der Waals surface area contributed by atoms with Gasteiger partial charge in [-0.15, -0.1) is 5.10 Å². The standard InChI is InChI=1S/C9H15N3S/c1-7-5-3-2-4-6-8-9(7)10-11-12(8)13/h7,13H,2-6H2,1H3. The van der Waals surface area contributed by atoms with Crippen molar-refractivity contribution in [2.24, 2.45) is 0 Å². The SMILES string of the molecule is CC1CCCCCc2c1nnn2S. The van der Waals surface area contributed by atoms with Gasteiger partial charge in [-0.3, -0.25) is 0 Å². The molecule has 0 amide bonds. The molecule has 1 aromatic rings. The lowest BCUT2D eigenvalue weighted by Gasteiger charge is -2.14. The predicted octanol–water partition coefficient (Wildman–Crippen LogP) is 2.19. The molecule has 1 aliphatic carbocycles. The Bertz CT molecular complexity index is 295. The zero-order valence-electron chi connectivity index (χ0n) is 7.90. The van der Waals surface area contributed by atoms with Crippen LogP contribution >= 0.6 is 12.8 Å². The molecule has 13 heavy (non-hydrogen) atoms. The van der Waals surface area contributed by atoms with E-state index in [1.54, 1.807) is 4.09 Å². The highest BCUT2D eigenvalue weighted by atomic mass is 32.1. The number of nitrogens with zero attached hydrogens (tertiary/aromatic N) is 3. The van der Waals surface area contributed by atoms with Crippen molar-refractivity contribution in [3.05, 3.63) is 11.4 Å². The van der Waals surface area contributed by atoms with Crippen LogP contribution in [-0.2, 0) is 6.42 Å². The smallest absolute Gasteiger partial charge is 0.0898 e. The number of thiol groups is 1. The Morgan fingerprint density at radius 3 is 3.08 bits per heavy atom. The van der Waals surface area contributed by atoms with E-state index in [0.717, 1.165) is 12.1 Å². The van der Waals surface area contributed by atoms with E-state index in [0.29, 0.717) is 5.92 Å². The van der Waals surface area contributed by atoms with E-state index in [1.807, 2.05) is 0 Å². The van der Waals surface area contributed by atoms with Crippen LogP contribution < -0.4 is 0 Å². The van der Waals surface area contributed by atoms with Gasteiger partial charge in [0.1, 0.15) is 0 Å². The molecule has 3 nitrogen and oxygen atoms in total. The molecule has 2 rings (SSSR count). The van der Waals surface area contributed by atoms with Gasteiger partial charge in [0.25, 0.3) is 0 Å². The Balaban J connectivity index is 2.33. The fourth-order valence-electron chi connectivity index (χ4n) is 1.97. The van der Waals surface area contributed by atoms with Gasteiger partial charge in [-0.05, 0) is 32.1 Å². The normalized spacial score (nSPS) is 23.4. The van der Waals surface area contributed by atoms with Crippen molar-refractivity contribution in [2.75, 3.05) is 0 Å². The van der Waals surface area contributed by atoms with Crippen molar-refractivity contribution >= 4 is 12.8 Å². The van der Waals surface area contributed by atoms with Crippen LogP contribution in [0.1, 0.15) is 49.9 Å². The molecule has 1 atom stereocenters. The number of aromatic nitrogens is 3. The topological polar surface area (TPSA) is 30.7 Å². The van der Waals surface area contributed by atoms with Crippen molar-refractivity contribution in [1.29, 1.82) is 0 Å². The maximum Gasteiger partial charge on any atom is 0.0898 e. The first-order valence-electron chi connectivity index (χ1n) is 4.93. The molecule has 0 spiro atoms.